The monoisotopic (exact) mass is 248 g/mol. The zero-order valence-corrected chi connectivity index (χ0v) is 9.83. The van der Waals surface area contributed by atoms with Gasteiger partial charge in [-0.1, -0.05) is 36.9 Å². The average molecular weight is 248 g/mol. The normalized spacial score (nSPS) is 10.3. The van der Waals surface area contributed by atoms with Gasteiger partial charge >= 0.3 is 5.97 Å². The van der Waals surface area contributed by atoms with Gasteiger partial charge in [-0.05, 0) is 11.1 Å². The summed E-state index contributed by atoms with van der Waals surface area (Å²) in [6.45, 7) is 3.13. The molecule has 0 aliphatic heterocycles. The van der Waals surface area contributed by atoms with E-state index in [1.165, 1.54) is 4.90 Å². The minimum absolute atomic E-state index is 0.248. The van der Waals surface area contributed by atoms with Gasteiger partial charge in [-0.3, -0.25) is 9.69 Å². The number of carbonyl (C=O) groups is 2. The van der Waals surface area contributed by atoms with Gasteiger partial charge in [-0.25, -0.2) is 0 Å². The summed E-state index contributed by atoms with van der Waals surface area (Å²) in [5, 5.41) is 19.2. The van der Waals surface area contributed by atoms with Crippen molar-refractivity contribution in [3.8, 4) is 0 Å². The summed E-state index contributed by atoms with van der Waals surface area (Å²) in [4.78, 5) is 22.4. The quantitative estimate of drug-likeness (QED) is 0.732. The van der Waals surface area contributed by atoms with Crippen molar-refractivity contribution in [1.82, 2.24) is 4.90 Å². The van der Waals surface area contributed by atoms with E-state index in [-0.39, 0.29) is 13.1 Å². The summed E-state index contributed by atoms with van der Waals surface area (Å²) in [5.41, 5.74) is 1.78. The molecule has 0 saturated heterocycles. The van der Waals surface area contributed by atoms with Gasteiger partial charge in [0.15, 0.2) is 0 Å². The molecule has 0 spiro atoms. The van der Waals surface area contributed by atoms with E-state index in [1.54, 1.807) is 18.2 Å². The summed E-state index contributed by atoms with van der Waals surface area (Å²) < 4.78 is 0. The third-order valence-corrected chi connectivity index (χ3v) is 2.33. The highest BCUT2D eigenvalue weighted by Gasteiger charge is 2.10. The zero-order valence-electron chi connectivity index (χ0n) is 9.83. The molecule has 5 nitrogen and oxygen atoms in total. The van der Waals surface area contributed by atoms with E-state index in [1.807, 2.05) is 12.1 Å². The number of carboxylic acids is 2. The highest BCUT2D eigenvalue weighted by molar-refractivity contribution is 5.71. The molecule has 0 aromatic heterocycles. The summed E-state index contributed by atoms with van der Waals surface area (Å²) in [7, 11) is 0. The van der Waals surface area contributed by atoms with Gasteiger partial charge in [0, 0.05) is 13.1 Å². The lowest BCUT2D eigenvalue weighted by molar-refractivity contribution is -0.306. The number of nitrogens with zero attached hydrogens (tertiary/aromatic N) is 1. The molecule has 0 atom stereocenters. The van der Waals surface area contributed by atoms with Crippen LogP contribution in [0.25, 0.3) is 6.08 Å². The molecule has 1 rings (SSSR count). The lowest BCUT2D eigenvalue weighted by Crippen LogP contribution is -2.40. The molecule has 0 heterocycles. The molecule has 18 heavy (non-hydrogen) atoms. The first kappa shape index (κ1) is 13.9. The van der Waals surface area contributed by atoms with Crippen molar-refractivity contribution in [2.45, 2.75) is 6.54 Å². The first-order valence-electron chi connectivity index (χ1n) is 5.36. The second-order valence-electron chi connectivity index (χ2n) is 3.86. The molecule has 0 aliphatic carbocycles. The van der Waals surface area contributed by atoms with Crippen molar-refractivity contribution in [3.05, 3.63) is 42.0 Å². The van der Waals surface area contributed by atoms with Gasteiger partial charge in [0.2, 0.25) is 0 Å². The third-order valence-electron chi connectivity index (χ3n) is 2.33. The Labute approximate surface area is 105 Å². The SMILES string of the molecule is C=Cc1ccc(CN(CC(=O)[O-])CC(=O)O)cc1. The average Bonchev–Trinajstić information content (AvgIpc) is 2.28. The van der Waals surface area contributed by atoms with Gasteiger partial charge in [-0.2, -0.15) is 0 Å². The minimum Gasteiger partial charge on any atom is -0.549 e. The molecule has 0 amide bonds. The highest BCUT2D eigenvalue weighted by Crippen LogP contribution is 2.08. The molecule has 1 N–H and O–H groups in total. The van der Waals surface area contributed by atoms with Crippen LogP contribution in [0.1, 0.15) is 11.1 Å². The largest absolute Gasteiger partial charge is 0.549 e. The van der Waals surface area contributed by atoms with E-state index in [0.717, 1.165) is 11.1 Å². The fourth-order valence-corrected chi connectivity index (χ4v) is 1.56. The summed E-state index contributed by atoms with van der Waals surface area (Å²) >= 11 is 0. The Morgan fingerprint density at radius 3 is 2.33 bits per heavy atom. The van der Waals surface area contributed by atoms with Gasteiger partial charge in [0.05, 0.1) is 12.5 Å². The van der Waals surface area contributed by atoms with Crippen LogP contribution in [0, 0.1) is 0 Å². The summed E-state index contributed by atoms with van der Waals surface area (Å²) in [5.74, 6) is -2.36. The van der Waals surface area contributed by atoms with Crippen LogP contribution in [0.3, 0.4) is 0 Å². The maximum atomic E-state index is 10.6. The van der Waals surface area contributed by atoms with E-state index in [9.17, 15) is 14.7 Å². The first-order valence-corrected chi connectivity index (χ1v) is 5.36. The minimum atomic E-state index is -1.29. The molecule has 0 aliphatic rings. The predicted octanol–water partition coefficient (Wildman–Crippen LogP) is -0.0339. The standard InChI is InChI=1S/C13H15NO4/c1-2-10-3-5-11(6-4-10)7-14(8-12(15)16)9-13(17)18/h2-6H,1,7-9H2,(H,15,16)(H,17,18)/p-1. The van der Waals surface area contributed by atoms with Crippen molar-refractivity contribution in [1.29, 1.82) is 0 Å². The van der Waals surface area contributed by atoms with Crippen molar-refractivity contribution in [2.75, 3.05) is 13.1 Å². The molecule has 0 fully saturated rings. The van der Waals surface area contributed by atoms with E-state index in [2.05, 4.69) is 6.58 Å². The van der Waals surface area contributed by atoms with Crippen LogP contribution in [0.4, 0.5) is 0 Å². The van der Waals surface area contributed by atoms with Crippen LogP contribution in [0.5, 0.6) is 0 Å². The van der Waals surface area contributed by atoms with E-state index < -0.39 is 18.5 Å². The fraction of sp³-hybridized carbons (Fsp3) is 0.231. The number of hydrogen-bond acceptors (Lipinski definition) is 4. The zero-order chi connectivity index (χ0) is 13.5. The van der Waals surface area contributed by atoms with Gasteiger partial charge in [-0.15, -0.1) is 0 Å². The summed E-state index contributed by atoms with van der Waals surface area (Å²) in [6, 6.07) is 7.28. The van der Waals surface area contributed by atoms with Crippen molar-refractivity contribution >= 4 is 18.0 Å². The Morgan fingerprint density at radius 1 is 1.28 bits per heavy atom. The lowest BCUT2D eigenvalue weighted by Gasteiger charge is -2.20. The van der Waals surface area contributed by atoms with Crippen molar-refractivity contribution < 1.29 is 19.8 Å². The number of rotatable bonds is 7. The number of benzene rings is 1. The van der Waals surface area contributed by atoms with E-state index in [4.69, 9.17) is 5.11 Å². The molecule has 1 aromatic carbocycles. The second-order valence-corrected chi connectivity index (χ2v) is 3.86. The topological polar surface area (TPSA) is 80.7 Å². The van der Waals surface area contributed by atoms with Crippen LogP contribution in [0.15, 0.2) is 30.8 Å². The van der Waals surface area contributed by atoms with Crippen LogP contribution in [-0.2, 0) is 16.1 Å². The van der Waals surface area contributed by atoms with Gasteiger partial charge in [0.1, 0.15) is 0 Å². The maximum Gasteiger partial charge on any atom is 0.317 e. The first-order chi connectivity index (χ1) is 8.51. The van der Waals surface area contributed by atoms with Crippen LogP contribution < -0.4 is 5.11 Å². The third kappa shape index (κ3) is 4.80. The van der Waals surface area contributed by atoms with Crippen molar-refractivity contribution in [3.63, 3.8) is 0 Å². The number of carboxylic acid groups (broad SMARTS) is 2. The lowest BCUT2D eigenvalue weighted by atomic mass is 10.1. The molecule has 0 bridgehead atoms. The molecule has 1 aromatic rings. The Balaban J connectivity index is 2.71. The Morgan fingerprint density at radius 2 is 1.89 bits per heavy atom. The van der Waals surface area contributed by atoms with Crippen molar-refractivity contribution in [2.24, 2.45) is 0 Å². The Bertz CT molecular complexity index is 423. The van der Waals surface area contributed by atoms with Crippen LogP contribution >= 0.6 is 0 Å². The van der Waals surface area contributed by atoms with Gasteiger partial charge < -0.3 is 15.0 Å². The number of carbonyl (C=O) groups excluding carboxylic acids is 1. The maximum absolute atomic E-state index is 10.6. The van der Waals surface area contributed by atoms with Crippen LogP contribution in [-0.4, -0.2) is 35.0 Å². The smallest absolute Gasteiger partial charge is 0.317 e. The fourth-order valence-electron chi connectivity index (χ4n) is 1.56. The molecule has 0 radical (unpaired) electrons. The Kier molecular flexibility index (Phi) is 5.07. The Hall–Kier alpha value is -2.14. The molecule has 96 valence electrons. The second kappa shape index (κ2) is 6.56. The molecular formula is C13H14NO4-. The number of aliphatic carboxylic acids is 2. The van der Waals surface area contributed by atoms with Gasteiger partial charge in [0.25, 0.3) is 0 Å². The van der Waals surface area contributed by atoms with E-state index in [0.29, 0.717) is 0 Å². The molecular weight excluding hydrogens is 234 g/mol. The molecule has 0 saturated carbocycles. The summed E-state index contributed by atoms with van der Waals surface area (Å²) in [6.07, 6.45) is 1.69. The predicted molar refractivity (Wildman–Crippen MR) is 64.5 cm³/mol. The molecule has 5 heteroatoms. The number of hydrogen-bond donors (Lipinski definition) is 1. The van der Waals surface area contributed by atoms with E-state index >= 15 is 0 Å². The van der Waals surface area contributed by atoms with Crippen LogP contribution in [0.2, 0.25) is 0 Å². The molecule has 0 unspecified atom stereocenters. The highest BCUT2D eigenvalue weighted by atomic mass is 16.4.